The standard InChI is InChI=1S/C15H18F3N5/c1-9-8-12(19-6-7-23(2)3)22-15(20-9)21-11-5-4-10(16)13(17)14(11)18/h4-5,8H,6-7H2,1-3H3,(H2,19,20,21,22). The minimum absolute atomic E-state index is 0.0993. The van der Waals surface area contributed by atoms with Gasteiger partial charge in [0.2, 0.25) is 5.95 Å². The zero-order valence-corrected chi connectivity index (χ0v) is 13.1. The third-order valence-electron chi connectivity index (χ3n) is 3.00. The molecule has 2 rings (SSSR count). The summed E-state index contributed by atoms with van der Waals surface area (Å²) in [7, 11) is 3.90. The van der Waals surface area contributed by atoms with Crippen molar-refractivity contribution >= 4 is 17.5 Å². The number of nitrogens with one attached hydrogen (secondary N) is 2. The van der Waals surface area contributed by atoms with Crippen LogP contribution in [0.15, 0.2) is 18.2 Å². The maximum absolute atomic E-state index is 13.7. The van der Waals surface area contributed by atoms with Crippen LogP contribution in [0.2, 0.25) is 0 Å². The van der Waals surface area contributed by atoms with Crippen molar-refractivity contribution in [3.05, 3.63) is 41.3 Å². The molecule has 0 bridgehead atoms. The first-order valence-electron chi connectivity index (χ1n) is 7.01. The lowest BCUT2D eigenvalue weighted by Gasteiger charge is -2.13. The van der Waals surface area contributed by atoms with Gasteiger partial charge in [-0.2, -0.15) is 4.98 Å². The van der Waals surface area contributed by atoms with E-state index in [9.17, 15) is 13.2 Å². The van der Waals surface area contributed by atoms with Gasteiger partial charge in [0.1, 0.15) is 5.82 Å². The molecule has 5 nitrogen and oxygen atoms in total. The van der Waals surface area contributed by atoms with E-state index in [0.717, 1.165) is 18.7 Å². The van der Waals surface area contributed by atoms with Crippen LogP contribution in [0.5, 0.6) is 0 Å². The van der Waals surface area contributed by atoms with E-state index in [1.165, 1.54) is 0 Å². The summed E-state index contributed by atoms with van der Waals surface area (Å²) >= 11 is 0. The maximum atomic E-state index is 13.7. The molecule has 8 heteroatoms. The van der Waals surface area contributed by atoms with Crippen molar-refractivity contribution in [1.29, 1.82) is 0 Å². The lowest BCUT2D eigenvalue weighted by atomic mass is 10.3. The second-order valence-electron chi connectivity index (χ2n) is 5.30. The van der Waals surface area contributed by atoms with Gasteiger partial charge in [-0.25, -0.2) is 18.2 Å². The fourth-order valence-corrected chi connectivity index (χ4v) is 1.87. The monoisotopic (exact) mass is 325 g/mol. The third kappa shape index (κ3) is 4.56. The normalized spacial score (nSPS) is 10.9. The lowest BCUT2D eigenvalue weighted by molar-refractivity contribution is 0.425. The molecule has 23 heavy (non-hydrogen) atoms. The van der Waals surface area contributed by atoms with Crippen molar-refractivity contribution in [2.45, 2.75) is 6.92 Å². The first kappa shape index (κ1) is 17.0. The van der Waals surface area contributed by atoms with Crippen molar-refractivity contribution in [3.63, 3.8) is 0 Å². The molecule has 0 aliphatic rings. The molecule has 0 spiro atoms. The number of aryl methyl sites for hydroxylation is 1. The second-order valence-corrected chi connectivity index (χ2v) is 5.30. The number of anilines is 3. The van der Waals surface area contributed by atoms with Gasteiger partial charge in [-0.3, -0.25) is 0 Å². The molecular weight excluding hydrogens is 307 g/mol. The van der Waals surface area contributed by atoms with Crippen LogP contribution in [0, 0.1) is 24.4 Å². The van der Waals surface area contributed by atoms with E-state index in [-0.39, 0.29) is 11.6 Å². The molecule has 2 aromatic rings. The molecule has 1 aromatic carbocycles. The van der Waals surface area contributed by atoms with Crippen molar-refractivity contribution in [1.82, 2.24) is 14.9 Å². The third-order valence-corrected chi connectivity index (χ3v) is 3.00. The summed E-state index contributed by atoms with van der Waals surface area (Å²) < 4.78 is 39.9. The SMILES string of the molecule is Cc1cc(NCCN(C)C)nc(Nc2ccc(F)c(F)c2F)n1. The van der Waals surface area contributed by atoms with Crippen LogP contribution >= 0.6 is 0 Å². The Labute approximate surface area is 132 Å². The van der Waals surface area contributed by atoms with Crippen LogP contribution in [-0.2, 0) is 0 Å². The number of aromatic nitrogens is 2. The predicted molar refractivity (Wildman–Crippen MR) is 83.4 cm³/mol. The molecule has 0 amide bonds. The Bertz CT molecular complexity index is 691. The van der Waals surface area contributed by atoms with E-state index < -0.39 is 17.5 Å². The Hall–Kier alpha value is -2.35. The highest BCUT2D eigenvalue weighted by Crippen LogP contribution is 2.22. The molecule has 0 fully saturated rings. The summed E-state index contributed by atoms with van der Waals surface area (Å²) in [5, 5.41) is 5.68. The van der Waals surface area contributed by atoms with Gasteiger partial charge in [-0.15, -0.1) is 0 Å². The molecule has 124 valence electrons. The number of likely N-dealkylation sites (N-methyl/N-ethyl adjacent to an activating group) is 1. The predicted octanol–water partition coefficient (Wildman–Crippen LogP) is 2.92. The molecule has 0 saturated carbocycles. The topological polar surface area (TPSA) is 53.1 Å². The first-order valence-corrected chi connectivity index (χ1v) is 7.01. The Balaban J connectivity index is 2.17. The summed E-state index contributed by atoms with van der Waals surface area (Å²) in [5.74, 6) is -3.43. The van der Waals surface area contributed by atoms with Crippen LogP contribution in [0.4, 0.5) is 30.6 Å². The fraction of sp³-hybridized carbons (Fsp3) is 0.333. The molecule has 0 aliphatic heterocycles. The Morgan fingerprint density at radius 2 is 1.83 bits per heavy atom. The van der Waals surface area contributed by atoms with Crippen LogP contribution in [0.1, 0.15) is 5.69 Å². The lowest BCUT2D eigenvalue weighted by Crippen LogP contribution is -2.21. The molecule has 1 aromatic heterocycles. The second kappa shape index (κ2) is 7.28. The number of hydrogen-bond acceptors (Lipinski definition) is 5. The van der Waals surface area contributed by atoms with Gasteiger partial charge in [0.25, 0.3) is 0 Å². The number of hydrogen-bond donors (Lipinski definition) is 2. The van der Waals surface area contributed by atoms with Gasteiger partial charge < -0.3 is 15.5 Å². The van der Waals surface area contributed by atoms with Crippen molar-refractivity contribution < 1.29 is 13.2 Å². The molecule has 1 heterocycles. The quantitative estimate of drug-likeness (QED) is 0.800. The minimum Gasteiger partial charge on any atom is -0.369 e. The molecular formula is C15H18F3N5. The smallest absolute Gasteiger partial charge is 0.229 e. The summed E-state index contributed by atoms with van der Waals surface area (Å²) in [4.78, 5) is 10.3. The Morgan fingerprint density at radius 3 is 2.52 bits per heavy atom. The summed E-state index contributed by atoms with van der Waals surface area (Å²) in [6.45, 7) is 3.23. The van der Waals surface area contributed by atoms with Gasteiger partial charge in [0.05, 0.1) is 5.69 Å². The number of rotatable bonds is 6. The summed E-state index contributed by atoms with van der Waals surface area (Å²) in [6.07, 6.45) is 0. The molecule has 0 aliphatic carbocycles. The van der Waals surface area contributed by atoms with Gasteiger partial charge >= 0.3 is 0 Å². The van der Waals surface area contributed by atoms with Gasteiger partial charge in [-0.05, 0) is 33.2 Å². The van der Waals surface area contributed by atoms with Gasteiger partial charge in [-0.1, -0.05) is 0 Å². The van der Waals surface area contributed by atoms with E-state index in [0.29, 0.717) is 18.1 Å². The zero-order chi connectivity index (χ0) is 17.0. The highest BCUT2D eigenvalue weighted by Gasteiger charge is 2.14. The summed E-state index contributed by atoms with van der Waals surface area (Å²) in [6, 6.07) is 3.67. The molecule has 0 radical (unpaired) electrons. The van der Waals surface area contributed by atoms with Gasteiger partial charge in [0.15, 0.2) is 17.5 Å². The fourth-order valence-electron chi connectivity index (χ4n) is 1.87. The van der Waals surface area contributed by atoms with Crippen LogP contribution < -0.4 is 10.6 Å². The summed E-state index contributed by atoms with van der Waals surface area (Å²) in [5.41, 5.74) is 0.423. The van der Waals surface area contributed by atoms with E-state index in [1.807, 2.05) is 19.0 Å². The number of halogens is 3. The largest absolute Gasteiger partial charge is 0.369 e. The van der Waals surface area contributed by atoms with E-state index >= 15 is 0 Å². The Kier molecular flexibility index (Phi) is 5.38. The van der Waals surface area contributed by atoms with Crippen molar-refractivity contribution in [3.8, 4) is 0 Å². The molecule has 0 unspecified atom stereocenters. The molecule has 0 atom stereocenters. The number of benzene rings is 1. The minimum atomic E-state index is -1.54. The average molecular weight is 325 g/mol. The first-order chi connectivity index (χ1) is 10.9. The van der Waals surface area contributed by atoms with Crippen LogP contribution in [0.25, 0.3) is 0 Å². The maximum Gasteiger partial charge on any atom is 0.229 e. The van der Waals surface area contributed by atoms with E-state index in [1.54, 1.807) is 13.0 Å². The van der Waals surface area contributed by atoms with Crippen LogP contribution in [0.3, 0.4) is 0 Å². The average Bonchev–Trinajstić information content (AvgIpc) is 2.47. The van der Waals surface area contributed by atoms with Crippen molar-refractivity contribution in [2.24, 2.45) is 0 Å². The highest BCUT2D eigenvalue weighted by molar-refractivity contribution is 5.56. The number of nitrogens with zero attached hydrogens (tertiary/aromatic N) is 3. The van der Waals surface area contributed by atoms with E-state index in [2.05, 4.69) is 20.6 Å². The molecule has 0 saturated heterocycles. The van der Waals surface area contributed by atoms with Crippen LogP contribution in [-0.4, -0.2) is 42.1 Å². The Morgan fingerprint density at radius 1 is 1.09 bits per heavy atom. The van der Waals surface area contributed by atoms with Gasteiger partial charge in [0, 0.05) is 24.8 Å². The van der Waals surface area contributed by atoms with E-state index in [4.69, 9.17) is 0 Å². The highest BCUT2D eigenvalue weighted by atomic mass is 19.2. The molecule has 2 N–H and O–H groups in total. The zero-order valence-electron chi connectivity index (χ0n) is 13.1. The van der Waals surface area contributed by atoms with Crippen molar-refractivity contribution in [2.75, 3.05) is 37.8 Å².